The molecule has 0 saturated heterocycles. The topological polar surface area (TPSA) is 99.9 Å². The van der Waals surface area contributed by atoms with Gasteiger partial charge in [-0.3, -0.25) is 4.79 Å². The summed E-state index contributed by atoms with van der Waals surface area (Å²) in [6.07, 6.45) is -1.22. The molecule has 2 heterocycles. The number of ether oxygens (including phenoxy) is 3. The third-order valence-electron chi connectivity index (χ3n) is 4.28. The van der Waals surface area contributed by atoms with E-state index in [1.165, 1.54) is 12.1 Å². The molecule has 0 radical (unpaired) electrons. The Morgan fingerprint density at radius 1 is 1.13 bits per heavy atom. The average Bonchev–Trinajstić information content (AvgIpc) is 3.16. The van der Waals surface area contributed by atoms with Gasteiger partial charge in [0.2, 0.25) is 6.10 Å². The van der Waals surface area contributed by atoms with Crippen LogP contribution in [0.3, 0.4) is 0 Å². The number of hydrogen-bond acceptors (Lipinski definition) is 7. The zero-order chi connectivity index (χ0) is 21.1. The normalized spacial score (nSPS) is 13.4. The Kier molecular flexibility index (Phi) is 5.58. The second-order valence-corrected chi connectivity index (χ2v) is 6.90. The lowest BCUT2D eigenvalue weighted by Gasteiger charge is -2.21. The minimum absolute atomic E-state index is 0.135. The van der Waals surface area contributed by atoms with Crippen molar-refractivity contribution in [3.05, 3.63) is 70.4 Å². The first kappa shape index (κ1) is 19.8. The van der Waals surface area contributed by atoms with Gasteiger partial charge in [-0.25, -0.2) is 4.79 Å². The number of carbonyl (C=O) groups is 2. The zero-order valence-corrected chi connectivity index (χ0v) is 16.6. The summed E-state index contributed by atoms with van der Waals surface area (Å²) in [6, 6.07) is 13.1. The van der Waals surface area contributed by atoms with Crippen molar-refractivity contribution >= 4 is 29.3 Å². The van der Waals surface area contributed by atoms with Crippen molar-refractivity contribution in [1.29, 1.82) is 0 Å². The number of anilines is 1. The number of esters is 1. The number of aryl methyl sites for hydroxylation is 1. The molecule has 0 aliphatic carbocycles. The van der Waals surface area contributed by atoms with Crippen LogP contribution in [0.2, 0.25) is 5.02 Å². The van der Waals surface area contributed by atoms with E-state index in [-0.39, 0.29) is 16.4 Å². The Morgan fingerprint density at radius 2 is 1.90 bits per heavy atom. The van der Waals surface area contributed by atoms with Crippen LogP contribution in [-0.4, -0.2) is 30.2 Å². The Labute approximate surface area is 176 Å². The molecule has 4 rings (SSSR count). The van der Waals surface area contributed by atoms with E-state index >= 15 is 0 Å². The Balaban J connectivity index is 1.59. The maximum Gasteiger partial charge on any atom is 0.339 e. The van der Waals surface area contributed by atoms with Gasteiger partial charge in [-0.1, -0.05) is 47.1 Å². The SMILES string of the molecule is Cc1cc(NC(=O)[C@@H](OC(=O)c2cc(Cl)c3c(c2)OCCO3)c2ccccc2)no1. The van der Waals surface area contributed by atoms with Gasteiger partial charge in [-0.05, 0) is 19.1 Å². The van der Waals surface area contributed by atoms with Gasteiger partial charge in [0.25, 0.3) is 5.91 Å². The standard InChI is InChI=1S/C21H17ClN2O6/c1-12-9-17(24-30-12)23-20(25)18(13-5-3-2-4-6-13)29-21(26)14-10-15(22)19-16(11-14)27-7-8-28-19/h2-6,9-11,18H,7-8H2,1H3,(H,23,24,25)/t18-/m0/s1. The van der Waals surface area contributed by atoms with E-state index < -0.39 is 18.0 Å². The third-order valence-corrected chi connectivity index (χ3v) is 4.56. The van der Waals surface area contributed by atoms with Crippen molar-refractivity contribution in [2.75, 3.05) is 18.5 Å². The van der Waals surface area contributed by atoms with Gasteiger partial charge in [-0.2, -0.15) is 0 Å². The van der Waals surface area contributed by atoms with Crippen LogP contribution in [0, 0.1) is 6.92 Å². The highest BCUT2D eigenvalue weighted by molar-refractivity contribution is 6.32. The van der Waals surface area contributed by atoms with Gasteiger partial charge in [0.05, 0.1) is 10.6 Å². The largest absolute Gasteiger partial charge is 0.486 e. The molecule has 0 spiro atoms. The summed E-state index contributed by atoms with van der Waals surface area (Å²) in [6.45, 7) is 2.41. The molecule has 1 atom stereocenters. The number of hydrogen-bond donors (Lipinski definition) is 1. The summed E-state index contributed by atoms with van der Waals surface area (Å²) >= 11 is 6.21. The molecule has 1 aliphatic heterocycles. The summed E-state index contributed by atoms with van der Waals surface area (Å²) in [5.74, 6) is 0.153. The number of carbonyl (C=O) groups excluding carboxylic acids is 2. The van der Waals surface area contributed by atoms with Crippen molar-refractivity contribution in [3.8, 4) is 11.5 Å². The summed E-state index contributed by atoms with van der Waals surface area (Å²) in [5.41, 5.74) is 0.627. The lowest BCUT2D eigenvalue weighted by molar-refractivity contribution is -0.125. The zero-order valence-electron chi connectivity index (χ0n) is 15.9. The van der Waals surface area contributed by atoms with Gasteiger partial charge >= 0.3 is 5.97 Å². The van der Waals surface area contributed by atoms with Crippen molar-refractivity contribution in [3.63, 3.8) is 0 Å². The minimum atomic E-state index is -1.22. The van der Waals surface area contributed by atoms with E-state index in [1.807, 2.05) is 0 Å². The average molecular weight is 429 g/mol. The summed E-state index contributed by atoms with van der Waals surface area (Å²) in [5, 5.41) is 6.54. The number of nitrogens with zero attached hydrogens (tertiary/aromatic N) is 1. The number of nitrogens with one attached hydrogen (secondary N) is 1. The Hall–Kier alpha value is -3.52. The van der Waals surface area contributed by atoms with Gasteiger partial charge in [-0.15, -0.1) is 0 Å². The van der Waals surface area contributed by atoms with E-state index in [0.717, 1.165) is 0 Å². The Morgan fingerprint density at radius 3 is 2.63 bits per heavy atom. The lowest BCUT2D eigenvalue weighted by atomic mass is 10.1. The van der Waals surface area contributed by atoms with Gasteiger partial charge in [0.1, 0.15) is 19.0 Å². The number of rotatable bonds is 5. The van der Waals surface area contributed by atoms with Crippen molar-refractivity contribution in [2.45, 2.75) is 13.0 Å². The lowest BCUT2D eigenvalue weighted by Crippen LogP contribution is -2.26. The number of benzene rings is 2. The van der Waals surface area contributed by atoms with Crippen LogP contribution in [-0.2, 0) is 9.53 Å². The molecule has 0 unspecified atom stereocenters. The molecule has 0 fully saturated rings. The van der Waals surface area contributed by atoms with E-state index in [1.54, 1.807) is 43.3 Å². The minimum Gasteiger partial charge on any atom is -0.486 e. The van der Waals surface area contributed by atoms with E-state index in [2.05, 4.69) is 10.5 Å². The van der Waals surface area contributed by atoms with Crippen LogP contribution in [0.1, 0.15) is 27.8 Å². The first-order valence-electron chi connectivity index (χ1n) is 9.10. The first-order chi connectivity index (χ1) is 14.5. The molecular formula is C21H17ClN2O6. The molecule has 1 aliphatic rings. The highest BCUT2D eigenvalue weighted by Crippen LogP contribution is 2.38. The molecule has 0 saturated carbocycles. The van der Waals surface area contributed by atoms with Crippen LogP contribution < -0.4 is 14.8 Å². The molecule has 154 valence electrons. The first-order valence-corrected chi connectivity index (χ1v) is 9.48. The second-order valence-electron chi connectivity index (χ2n) is 6.49. The molecule has 1 amide bonds. The molecule has 9 heteroatoms. The van der Waals surface area contributed by atoms with Crippen LogP contribution in [0.25, 0.3) is 0 Å². The third kappa shape index (κ3) is 4.23. The fourth-order valence-electron chi connectivity index (χ4n) is 2.92. The number of halogens is 1. The van der Waals surface area contributed by atoms with Gasteiger partial charge in [0.15, 0.2) is 17.3 Å². The van der Waals surface area contributed by atoms with Crippen LogP contribution in [0.5, 0.6) is 11.5 Å². The summed E-state index contributed by atoms with van der Waals surface area (Å²) < 4.78 is 21.5. The van der Waals surface area contributed by atoms with Gasteiger partial charge in [0, 0.05) is 11.6 Å². The maximum atomic E-state index is 12.8. The predicted molar refractivity (Wildman–Crippen MR) is 107 cm³/mol. The van der Waals surface area contributed by atoms with E-state index in [4.69, 9.17) is 30.3 Å². The number of aromatic nitrogens is 1. The fraction of sp³-hybridized carbons (Fsp3) is 0.190. The summed E-state index contributed by atoms with van der Waals surface area (Å²) in [4.78, 5) is 25.7. The summed E-state index contributed by atoms with van der Waals surface area (Å²) in [7, 11) is 0. The smallest absolute Gasteiger partial charge is 0.339 e. The van der Waals surface area contributed by atoms with Crippen molar-refractivity contribution in [1.82, 2.24) is 5.16 Å². The quantitative estimate of drug-likeness (QED) is 0.614. The number of fused-ring (bicyclic) bond motifs is 1. The molecule has 1 aromatic heterocycles. The van der Waals surface area contributed by atoms with Crippen LogP contribution >= 0.6 is 11.6 Å². The number of amides is 1. The monoisotopic (exact) mass is 428 g/mol. The molecule has 30 heavy (non-hydrogen) atoms. The van der Waals surface area contributed by atoms with E-state index in [9.17, 15) is 9.59 Å². The second kappa shape index (κ2) is 8.46. The highest BCUT2D eigenvalue weighted by Gasteiger charge is 2.28. The fourth-order valence-corrected chi connectivity index (χ4v) is 3.19. The van der Waals surface area contributed by atoms with E-state index in [0.29, 0.717) is 36.0 Å². The molecule has 0 bridgehead atoms. The van der Waals surface area contributed by atoms with Gasteiger partial charge < -0.3 is 24.1 Å². The van der Waals surface area contributed by atoms with Crippen LogP contribution in [0.4, 0.5) is 5.82 Å². The van der Waals surface area contributed by atoms with Crippen molar-refractivity contribution < 1.29 is 28.3 Å². The Bertz CT molecular complexity index is 1080. The predicted octanol–water partition coefficient (Wildman–Crippen LogP) is 3.94. The highest BCUT2D eigenvalue weighted by atomic mass is 35.5. The van der Waals surface area contributed by atoms with Crippen LogP contribution in [0.15, 0.2) is 53.1 Å². The molecule has 1 N–H and O–H groups in total. The molecule has 8 nitrogen and oxygen atoms in total. The maximum absolute atomic E-state index is 12.8. The van der Waals surface area contributed by atoms with Crippen molar-refractivity contribution in [2.24, 2.45) is 0 Å². The molecular weight excluding hydrogens is 412 g/mol. The molecule has 3 aromatic rings. The molecule has 2 aromatic carbocycles.